The lowest BCUT2D eigenvalue weighted by atomic mass is 10.2. The Bertz CT molecular complexity index is 508. The van der Waals surface area contributed by atoms with Gasteiger partial charge in [-0.3, -0.25) is 4.79 Å². The molecule has 0 aliphatic carbocycles. The number of rotatable bonds is 5. The maximum atomic E-state index is 13.3. The van der Waals surface area contributed by atoms with Crippen molar-refractivity contribution in [3.63, 3.8) is 0 Å². The Balaban J connectivity index is 1.77. The molecule has 0 bridgehead atoms. The third-order valence-corrected chi connectivity index (χ3v) is 2.63. The lowest BCUT2D eigenvalue weighted by Gasteiger charge is -2.06. The monoisotopic (exact) mass is 246 g/mol. The van der Waals surface area contributed by atoms with E-state index in [0.29, 0.717) is 6.42 Å². The third-order valence-electron chi connectivity index (χ3n) is 2.63. The van der Waals surface area contributed by atoms with Crippen LogP contribution >= 0.6 is 0 Å². The number of aromatic nitrogens is 1. The SMILES string of the molecule is O=C(CCCn1cccc1)Nc1ccccc1F. The van der Waals surface area contributed by atoms with E-state index in [4.69, 9.17) is 0 Å². The lowest BCUT2D eigenvalue weighted by Crippen LogP contribution is -2.13. The first-order valence-electron chi connectivity index (χ1n) is 5.91. The first-order valence-corrected chi connectivity index (χ1v) is 5.91. The summed E-state index contributed by atoms with van der Waals surface area (Å²) >= 11 is 0. The average molecular weight is 246 g/mol. The smallest absolute Gasteiger partial charge is 0.224 e. The average Bonchev–Trinajstić information content (AvgIpc) is 2.85. The van der Waals surface area contributed by atoms with Crippen LogP contribution in [0.3, 0.4) is 0 Å². The van der Waals surface area contributed by atoms with Gasteiger partial charge in [0.15, 0.2) is 0 Å². The van der Waals surface area contributed by atoms with Crippen LogP contribution in [0.5, 0.6) is 0 Å². The van der Waals surface area contributed by atoms with Gasteiger partial charge < -0.3 is 9.88 Å². The summed E-state index contributed by atoms with van der Waals surface area (Å²) < 4.78 is 15.3. The molecule has 3 nitrogen and oxygen atoms in total. The van der Waals surface area contributed by atoms with Crippen LogP contribution in [0.4, 0.5) is 10.1 Å². The van der Waals surface area contributed by atoms with E-state index in [-0.39, 0.29) is 11.6 Å². The van der Waals surface area contributed by atoms with E-state index in [1.54, 1.807) is 18.2 Å². The number of amides is 1. The molecule has 0 spiro atoms. The predicted molar refractivity (Wildman–Crippen MR) is 68.7 cm³/mol. The Morgan fingerprint density at radius 1 is 1.17 bits per heavy atom. The van der Waals surface area contributed by atoms with Gasteiger partial charge in [0.1, 0.15) is 5.82 Å². The fraction of sp³-hybridized carbons (Fsp3) is 0.214. The first kappa shape index (κ1) is 12.4. The van der Waals surface area contributed by atoms with Crippen molar-refractivity contribution < 1.29 is 9.18 Å². The van der Waals surface area contributed by atoms with Crippen molar-refractivity contribution in [2.75, 3.05) is 5.32 Å². The summed E-state index contributed by atoms with van der Waals surface area (Å²) in [5.41, 5.74) is 0.239. The van der Waals surface area contributed by atoms with E-state index in [1.807, 2.05) is 29.1 Å². The largest absolute Gasteiger partial charge is 0.354 e. The molecule has 2 rings (SSSR count). The minimum Gasteiger partial charge on any atom is -0.354 e. The van der Waals surface area contributed by atoms with Crippen LogP contribution in [0.15, 0.2) is 48.8 Å². The van der Waals surface area contributed by atoms with E-state index in [1.165, 1.54) is 6.07 Å². The van der Waals surface area contributed by atoms with Gasteiger partial charge >= 0.3 is 0 Å². The van der Waals surface area contributed by atoms with Crippen LogP contribution in [-0.2, 0) is 11.3 Å². The van der Waals surface area contributed by atoms with Gasteiger partial charge in [0.2, 0.25) is 5.91 Å². The zero-order chi connectivity index (χ0) is 12.8. The topological polar surface area (TPSA) is 34.0 Å². The van der Waals surface area contributed by atoms with Gasteiger partial charge in [0.25, 0.3) is 0 Å². The van der Waals surface area contributed by atoms with Gasteiger partial charge in [-0.05, 0) is 30.7 Å². The summed E-state index contributed by atoms with van der Waals surface area (Å²) in [5, 5.41) is 2.57. The molecule has 4 heteroatoms. The number of nitrogens with one attached hydrogen (secondary N) is 1. The van der Waals surface area contributed by atoms with Gasteiger partial charge in [-0.25, -0.2) is 4.39 Å². The molecular weight excluding hydrogens is 231 g/mol. The van der Waals surface area contributed by atoms with Gasteiger partial charge in [0.05, 0.1) is 5.69 Å². The first-order chi connectivity index (χ1) is 8.75. The lowest BCUT2D eigenvalue weighted by molar-refractivity contribution is -0.116. The number of aryl methyl sites for hydroxylation is 1. The molecule has 0 radical (unpaired) electrons. The van der Waals surface area contributed by atoms with Crippen molar-refractivity contribution in [2.24, 2.45) is 0 Å². The molecule has 0 unspecified atom stereocenters. The molecule has 1 aromatic carbocycles. The molecule has 18 heavy (non-hydrogen) atoms. The van der Waals surface area contributed by atoms with E-state index in [9.17, 15) is 9.18 Å². The molecule has 0 saturated heterocycles. The molecule has 1 amide bonds. The summed E-state index contributed by atoms with van der Waals surface area (Å²) in [6, 6.07) is 10.1. The van der Waals surface area contributed by atoms with Crippen LogP contribution < -0.4 is 5.32 Å². The second-order valence-corrected chi connectivity index (χ2v) is 4.05. The number of carbonyl (C=O) groups is 1. The Labute approximate surface area is 105 Å². The summed E-state index contributed by atoms with van der Waals surface area (Å²) in [4.78, 5) is 11.6. The zero-order valence-corrected chi connectivity index (χ0v) is 9.97. The fourth-order valence-corrected chi connectivity index (χ4v) is 1.72. The van der Waals surface area contributed by atoms with Crippen molar-refractivity contribution in [3.05, 3.63) is 54.6 Å². The van der Waals surface area contributed by atoms with Crippen molar-refractivity contribution in [2.45, 2.75) is 19.4 Å². The van der Waals surface area contributed by atoms with E-state index in [2.05, 4.69) is 5.32 Å². The second-order valence-electron chi connectivity index (χ2n) is 4.05. The number of anilines is 1. The Kier molecular flexibility index (Phi) is 4.12. The highest BCUT2D eigenvalue weighted by Crippen LogP contribution is 2.12. The second kappa shape index (κ2) is 6.00. The molecule has 0 atom stereocenters. The van der Waals surface area contributed by atoms with E-state index >= 15 is 0 Å². The summed E-state index contributed by atoms with van der Waals surface area (Å²) in [6.45, 7) is 0.789. The molecule has 94 valence electrons. The molecule has 0 aliphatic heterocycles. The Morgan fingerprint density at radius 3 is 2.61 bits per heavy atom. The number of hydrogen-bond donors (Lipinski definition) is 1. The van der Waals surface area contributed by atoms with Crippen LogP contribution in [0, 0.1) is 5.82 Å². The maximum Gasteiger partial charge on any atom is 0.224 e. The molecule has 1 aromatic heterocycles. The highest BCUT2D eigenvalue weighted by molar-refractivity contribution is 5.90. The third kappa shape index (κ3) is 3.45. The molecule has 0 aliphatic rings. The predicted octanol–water partition coefficient (Wildman–Crippen LogP) is 3.05. The van der Waals surface area contributed by atoms with Crippen molar-refractivity contribution in [3.8, 4) is 0 Å². The quantitative estimate of drug-likeness (QED) is 0.864. The van der Waals surface area contributed by atoms with Gasteiger partial charge in [-0.2, -0.15) is 0 Å². The molecule has 2 aromatic rings. The minimum absolute atomic E-state index is 0.160. The zero-order valence-electron chi connectivity index (χ0n) is 9.97. The Morgan fingerprint density at radius 2 is 1.89 bits per heavy atom. The van der Waals surface area contributed by atoms with Crippen LogP contribution in [0.25, 0.3) is 0 Å². The molecule has 1 N–H and O–H groups in total. The standard InChI is InChI=1S/C14H15FN2O/c15-12-6-1-2-7-13(12)16-14(18)8-5-11-17-9-3-4-10-17/h1-4,6-7,9-10H,5,8,11H2,(H,16,18). The van der Waals surface area contributed by atoms with Crippen molar-refractivity contribution in [1.29, 1.82) is 0 Å². The number of benzene rings is 1. The number of nitrogens with zero attached hydrogens (tertiary/aromatic N) is 1. The summed E-state index contributed by atoms with van der Waals surface area (Å²) in [5.74, 6) is -0.566. The fourth-order valence-electron chi connectivity index (χ4n) is 1.72. The van der Waals surface area contributed by atoms with Crippen molar-refractivity contribution >= 4 is 11.6 Å². The minimum atomic E-state index is -0.406. The number of carbonyl (C=O) groups excluding carboxylic acids is 1. The van der Waals surface area contributed by atoms with E-state index < -0.39 is 5.82 Å². The van der Waals surface area contributed by atoms with Crippen LogP contribution in [0.2, 0.25) is 0 Å². The normalized spacial score (nSPS) is 10.3. The van der Waals surface area contributed by atoms with Crippen LogP contribution in [-0.4, -0.2) is 10.5 Å². The van der Waals surface area contributed by atoms with Gasteiger partial charge in [-0.15, -0.1) is 0 Å². The maximum absolute atomic E-state index is 13.3. The number of halogens is 1. The molecule has 0 fully saturated rings. The van der Waals surface area contributed by atoms with Gasteiger partial charge in [0, 0.05) is 25.4 Å². The molecule has 0 saturated carbocycles. The molecular formula is C14H15FN2O. The van der Waals surface area contributed by atoms with Crippen molar-refractivity contribution in [1.82, 2.24) is 4.57 Å². The van der Waals surface area contributed by atoms with E-state index in [0.717, 1.165) is 13.0 Å². The van der Waals surface area contributed by atoms with Crippen LogP contribution in [0.1, 0.15) is 12.8 Å². The summed E-state index contributed by atoms with van der Waals surface area (Å²) in [7, 11) is 0. The number of hydrogen-bond acceptors (Lipinski definition) is 1. The molecule has 1 heterocycles. The summed E-state index contributed by atoms with van der Waals surface area (Å²) in [6.07, 6.45) is 5.02. The van der Waals surface area contributed by atoms with Gasteiger partial charge in [-0.1, -0.05) is 12.1 Å². The number of para-hydroxylation sites is 1. The highest BCUT2D eigenvalue weighted by atomic mass is 19.1. The highest BCUT2D eigenvalue weighted by Gasteiger charge is 2.05. The Hall–Kier alpha value is -2.10.